The Balaban J connectivity index is 5.33. The third-order valence-electron chi connectivity index (χ3n) is 2.15. The van der Waals surface area contributed by atoms with E-state index < -0.39 is 50.2 Å². The fourth-order valence-corrected chi connectivity index (χ4v) is 0.851. The van der Waals surface area contributed by atoms with Crippen LogP contribution in [0.4, 0.5) is 0 Å². The third kappa shape index (κ3) is 2.73. The average molecular weight is 225 g/mol. The summed E-state index contributed by atoms with van der Waals surface area (Å²) in [6.07, 6.45) is -6.20. The summed E-state index contributed by atoms with van der Waals surface area (Å²) in [5.74, 6) is 0. The van der Waals surface area contributed by atoms with Crippen LogP contribution in [0.5, 0.6) is 0 Å². The molecule has 0 aliphatic carbocycles. The van der Waals surface area contributed by atoms with E-state index in [1.807, 2.05) is 0 Å². The minimum atomic E-state index is -2.81. The van der Waals surface area contributed by atoms with Crippen molar-refractivity contribution in [3.8, 4) is 0 Å². The van der Waals surface area contributed by atoms with Crippen LogP contribution < -0.4 is 0 Å². The van der Waals surface area contributed by atoms with E-state index in [1.165, 1.54) is 0 Å². The molecule has 0 spiro atoms. The summed E-state index contributed by atoms with van der Waals surface area (Å²) >= 11 is 0. The number of carbonyl (C=O) groups is 1. The fourth-order valence-electron chi connectivity index (χ4n) is 0.851. The van der Waals surface area contributed by atoms with Gasteiger partial charge in [0.05, 0.1) is 6.10 Å². The first-order valence-electron chi connectivity index (χ1n) is 6.19. The van der Waals surface area contributed by atoms with E-state index in [2.05, 4.69) is 0 Å². The van der Waals surface area contributed by atoms with Crippen molar-refractivity contribution in [2.45, 2.75) is 50.2 Å². The largest absolute Gasteiger partial charge is 0.391 e. The monoisotopic (exact) mass is 225 g/mol. The smallest absolute Gasteiger partial charge is 0.154 e. The molecule has 5 atom stereocenters. The van der Waals surface area contributed by atoms with Gasteiger partial charge in [-0.15, -0.1) is 0 Å². The SMILES string of the molecule is [2H]CC(O)[C@@H](O)[C@@H](O)[C@@](O)(C[2H])[C@@](O)(C=O)C[2H]. The number of aliphatic hydroxyl groups is 5. The van der Waals surface area contributed by atoms with Gasteiger partial charge in [-0.25, -0.2) is 0 Å². The van der Waals surface area contributed by atoms with Crippen molar-refractivity contribution in [2.75, 3.05) is 0 Å². The number of hydrogen-bond donors (Lipinski definition) is 5. The zero-order valence-electron chi connectivity index (χ0n) is 11.1. The molecule has 0 aromatic rings. The number of carbonyl (C=O) groups excluding carboxylic acids is 1. The van der Waals surface area contributed by atoms with Gasteiger partial charge in [-0.05, 0) is 20.7 Å². The summed E-state index contributed by atoms with van der Waals surface area (Å²) < 4.78 is 20.9. The number of aldehydes is 1. The minimum Gasteiger partial charge on any atom is -0.391 e. The maximum absolute atomic E-state index is 10.7. The van der Waals surface area contributed by atoms with E-state index in [4.69, 9.17) is 4.11 Å². The van der Waals surface area contributed by atoms with Crippen molar-refractivity contribution in [2.24, 2.45) is 0 Å². The maximum Gasteiger partial charge on any atom is 0.154 e. The quantitative estimate of drug-likeness (QED) is 0.339. The third-order valence-corrected chi connectivity index (χ3v) is 2.15. The molecule has 15 heavy (non-hydrogen) atoms. The molecule has 6 heteroatoms. The lowest BCUT2D eigenvalue weighted by Gasteiger charge is -2.40. The Morgan fingerprint density at radius 2 is 1.87 bits per heavy atom. The summed E-state index contributed by atoms with van der Waals surface area (Å²) in [5.41, 5.74) is -5.57. The minimum absolute atomic E-state index is 0.197. The van der Waals surface area contributed by atoms with Crippen molar-refractivity contribution >= 4 is 6.29 Å². The summed E-state index contributed by atoms with van der Waals surface area (Å²) in [6, 6.07) is 0. The van der Waals surface area contributed by atoms with Gasteiger partial charge in [0.15, 0.2) is 6.29 Å². The van der Waals surface area contributed by atoms with E-state index in [9.17, 15) is 30.3 Å². The molecule has 0 amide bonds. The topological polar surface area (TPSA) is 118 Å². The van der Waals surface area contributed by atoms with Gasteiger partial charge >= 0.3 is 0 Å². The van der Waals surface area contributed by atoms with E-state index in [1.54, 1.807) is 0 Å². The Morgan fingerprint density at radius 1 is 1.27 bits per heavy atom. The van der Waals surface area contributed by atoms with Crippen molar-refractivity contribution in [1.29, 1.82) is 0 Å². The fraction of sp³-hybridized carbons (Fsp3) is 0.889. The van der Waals surface area contributed by atoms with Crippen LogP contribution in [0.15, 0.2) is 0 Å². The van der Waals surface area contributed by atoms with Crippen LogP contribution in [0.1, 0.15) is 24.8 Å². The van der Waals surface area contributed by atoms with Crippen molar-refractivity contribution < 1.29 is 34.4 Å². The molecule has 0 rings (SSSR count). The predicted molar refractivity (Wildman–Crippen MR) is 51.0 cm³/mol. The first kappa shape index (κ1) is 9.68. The van der Waals surface area contributed by atoms with Gasteiger partial charge in [-0.2, -0.15) is 0 Å². The molecule has 0 bridgehead atoms. The van der Waals surface area contributed by atoms with Crippen LogP contribution in [0, 0.1) is 0 Å². The van der Waals surface area contributed by atoms with Gasteiger partial charge in [0.1, 0.15) is 23.4 Å². The molecule has 5 N–H and O–H groups in total. The highest BCUT2D eigenvalue weighted by molar-refractivity contribution is 5.64. The highest BCUT2D eigenvalue weighted by Crippen LogP contribution is 2.26. The number of rotatable bonds is 5. The molecule has 0 aliphatic heterocycles. The first-order chi connectivity index (χ1) is 8.23. The molecule has 90 valence electrons. The van der Waals surface area contributed by atoms with Gasteiger partial charge in [-0.3, -0.25) is 0 Å². The zero-order valence-corrected chi connectivity index (χ0v) is 8.08. The van der Waals surface area contributed by atoms with Crippen LogP contribution in [-0.2, 0) is 4.79 Å². The Hall–Kier alpha value is -0.530. The van der Waals surface area contributed by atoms with E-state index >= 15 is 0 Å². The summed E-state index contributed by atoms with van der Waals surface area (Å²) in [7, 11) is 0. The maximum atomic E-state index is 10.7. The molecular weight excluding hydrogens is 204 g/mol. The second-order valence-corrected chi connectivity index (χ2v) is 3.47. The van der Waals surface area contributed by atoms with E-state index in [0.29, 0.717) is 0 Å². The normalized spacial score (nSPS) is 28.5. The summed E-state index contributed by atoms with van der Waals surface area (Å²) in [4.78, 5) is 10.7. The van der Waals surface area contributed by atoms with Crippen LogP contribution in [0.25, 0.3) is 0 Å². The van der Waals surface area contributed by atoms with Crippen LogP contribution in [-0.4, -0.2) is 61.3 Å². The standard InChI is InChI=1S/C9H18O6/c1-5(11)6(12)7(13)9(3,15)8(2,14)4-10/h4-7,11-15H,1-3H3/t5?,6-,7-,8+,9+/m1/s1/i1D,2D,3D. The molecule has 0 aliphatic rings. The van der Waals surface area contributed by atoms with Crippen LogP contribution >= 0.6 is 0 Å². The summed E-state index contributed by atoms with van der Waals surface area (Å²) in [5, 5.41) is 48.0. The first-order valence-corrected chi connectivity index (χ1v) is 4.07. The van der Waals surface area contributed by atoms with Gasteiger partial charge in [-0.1, -0.05) is 0 Å². The molecule has 1 unspecified atom stereocenters. The Kier molecular flexibility index (Phi) is 2.93. The molecule has 0 saturated heterocycles. The van der Waals surface area contributed by atoms with Crippen molar-refractivity contribution in [1.82, 2.24) is 0 Å². The van der Waals surface area contributed by atoms with E-state index in [0.717, 1.165) is 0 Å². The molecule has 0 aromatic heterocycles. The lowest BCUT2D eigenvalue weighted by atomic mass is 9.79. The molecule has 6 nitrogen and oxygen atoms in total. The molecule has 0 saturated carbocycles. The Bertz CT molecular complexity index is 281. The summed E-state index contributed by atoms with van der Waals surface area (Å²) in [6.45, 7) is -2.80. The highest BCUT2D eigenvalue weighted by Gasteiger charge is 2.50. The van der Waals surface area contributed by atoms with Crippen molar-refractivity contribution in [3.05, 3.63) is 0 Å². The number of aliphatic hydroxyl groups excluding tert-OH is 3. The lowest BCUT2D eigenvalue weighted by molar-refractivity contribution is -0.210. The van der Waals surface area contributed by atoms with Gasteiger partial charge < -0.3 is 30.3 Å². The van der Waals surface area contributed by atoms with Crippen molar-refractivity contribution in [3.63, 3.8) is 0 Å². The second-order valence-electron chi connectivity index (χ2n) is 3.47. The molecule has 0 aromatic carbocycles. The second kappa shape index (κ2) is 4.54. The average Bonchev–Trinajstić information content (AvgIpc) is 2.42. The Morgan fingerprint density at radius 3 is 2.20 bits per heavy atom. The molecule has 0 fully saturated rings. The Labute approximate surface area is 92.0 Å². The lowest BCUT2D eigenvalue weighted by Crippen LogP contribution is -2.63. The van der Waals surface area contributed by atoms with Gasteiger partial charge in [0.2, 0.25) is 0 Å². The predicted octanol–water partition coefficient (Wildman–Crippen LogP) is -2.21. The molecule has 0 heterocycles. The number of hydrogen-bond acceptors (Lipinski definition) is 6. The van der Waals surface area contributed by atoms with E-state index in [-0.39, 0.29) is 6.29 Å². The zero-order chi connectivity index (χ0) is 14.6. The van der Waals surface area contributed by atoms with Gasteiger partial charge in [0, 0.05) is 4.11 Å². The van der Waals surface area contributed by atoms with Gasteiger partial charge in [0.25, 0.3) is 0 Å². The van der Waals surface area contributed by atoms with Crippen LogP contribution in [0.3, 0.4) is 0 Å². The highest BCUT2D eigenvalue weighted by atomic mass is 16.4. The molecule has 0 radical (unpaired) electrons. The van der Waals surface area contributed by atoms with Crippen LogP contribution in [0.2, 0.25) is 0 Å². The molecular formula is C9H18O6.